The third kappa shape index (κ3) is 6.30. The molecule has 0 radical (unpaired) electrons. The van der Waals surface area contributed by atoms with Gasteiger partial charge in [0.2, 0.25) is 20.8 Å². The van der Waals surface area contributed by atoms with Gasteiger partial charge in [0.05, 0.1) is 29.5 Å². The Morgan fingerprint density at radius 2 is 1.86 bits per heavy atom. The number of nitrogens with zero attached hydrogens (tertiary/aromatic N) is 2. The summed E-state index contributed by atoms with van der Waals surface area (Å²) in [5.41, 5.74) is 0.580. The lowest BCUT2D eigenvalue weighted by Crippen LogP contribution is -2.43. The number of carbonyl (C=O) groups excluding carboxylic acids is 1. The van der Waals surface area contributed by atoms with Crippen LogP contribution in [0.5, 0.6) is 0 Å². The van der Waals surface area contributed by atoms with E-state index in [1.54, 1.807) is 12.1 Å². The maximum atomic E-state index is 13.3. The highest BCUT2D eigenvalue weighted by Gasteiger charge is 2.30. The molecule has 3 heterocycles. The van der Waals surface area contributed by atoms with Gasteiger partial charge in [0, 0.05) is 29.4 Å². The normalized spacial score (nSPS) is 13.0. The number of benzene rings is 1. The minimum atomic E-state index is -4.49. The topological polar surface area (TPSA) is 114 Å². The van der Waals surface area contributed by atoms with E-state index in [1.165, 1.54) is 31.3 Å². The maximum Gasteiger partial charge on any atom is 0.417 e. The van der Waals surface area contributed by atoms with Gasteiger partial charge >= 0.3 is 6.18 Å². The number of furan rings is 1. The molecule has 4 aromatic rings. The fourth-order valence-electron chi connectivity index (χ4n) is 3.34. The highest BCUT2D eigenvalue weighted by molar-refractivity contribution is 7.91. The summed E-state index contributed by atoms with van der Waals surface area (Å²) >= 11 is 0. The van der Waals surface area contributed by atoms with Crippen molar-refractivity contribution >= 4 is 26.7 Å². The van der Waals surface area contributed by atoms with Crippen LogP contribution in [-0.2, 0) is 27.4 Å². The zero-order valence-corrected chi connectivity index (χ0v) is 20.0. The van der Waals surface area contributed by atoms with Gasteiger partial charge in [-0.2, -0.15) is 13.2 Å². The summed E-state index contributed by atoms with van der Waals surface area (Å²) in [6.07, 6.45) is -2.32. The van der Waals surface area contributed by atoms with E-state index in [1.807, 2.05) is 0 Å². The molecule has 0 fully saturated rings. The van der Waals surface area contributed by atoms with Gasteiger partial charge in [-0.05, 0) is 49.4 Å². The maximum absolute atomic E-state index is 13.3. The average Bonchev–Trinajstić information content (AvgIpc) is 3.30. The quantitative estimate of drug-likeness (QED) is 0.326. The number of halogens is 4. The van der Waals surface area contributed by atoms with Crippen LogP contribution in [0.4, 0.5) is 17.6 Å². The number of nitrogens with one attached hydrogen (secondary N) is 2. The average molecular weight is 537 g/mol. The van der Waals surface area contributed by atoms with Crippen molar-refractivity contribution in [1.82, 2.24) is 20.6 Å². The van der Waals surface area contributed by atoms with Crippen molar-refractivity contribution in [3.8, 4) is 11.3 Å². The van der Waals surface area contributed by atoms with Crippen LogP contribution in [0.15, 0.2) is 70.4 Å². The van der Waals surface area contributed by atoms with Crippen molar-refractivity contribution in [2.24, 2.45) is 0 Å². The number of fused-ring (bicyclic) bond motifs is 1. The highest BCUT2D eigenvalue weighted by atomic mass is 32.2. The van der Waals surface area contributed by atoms with Gasteiger partial charge in [-0.15, -0.1) is 0 Å². The summed E-state index contributed by atoms with van der Waals surface area (Å²) in [4.78, 5) is 20.4. The highest BCUT2D eigenvalue weighted by Crippen LogP contribution is 2.29. The molecule has 3 aromatic heterocycles. The van der Waals surface area contributed by atoms with Crippen molar-refractivity contribution < 1.29 is 35.2 Å². The molecule has 13 heteroatoms. The molecule has 37 heavy (non-hydrogen) atoms. The molecular weight excluding hydrogens is 516 g/mol. The number of sulfone groups is 1. The van der Waals surface area contributed by atoms with Gasteiger partial charge in [0.1, 0.15) is 17.3 Å². The molecule has 0 aliphatic heterocycles. The van der Waals surface area contributed by atoms with Gasteiger partial charge < -0.3 is 9.73 Å². The van der Waals surface area contributed by atoms with Gasteiger partial charge in [-0.1, -0.05) is 0 Å². The van der Waals surface area contributed by atoms with Gasteiger partial charge in [-0.25, -0.2) is 12.8 Å². The molecule has 1 atom stereocenters. The van der Waals surface area contributed by atoms with Crippen LogP contribution in [-0.4, -0.2) is 36.2 Å². The van der Waals surface area contributed by atoms with Crippen LogP contribution in [0.2, 0.25) is 0 Å². The number of carbonyl (C=O) groups is 1. The first-order chi connectivity index (χ1) is 17.4. The Balaban J connectivity index is 1.34. The van der Waals surface area contributed by atoms with Crippen molar-refractivity contribution in [3.05, 3.63) is 78.0 Å². The number of rotatable bonds is 8. The molecule has 1 aromatic carbocycles. The zero-order valence-electron chi connectivity index (χ0n) is 19.2. The molecule has 8 nitrogen and oxygen atoms in total. The third-order valence-corrected chi connectivity index (χ3v) is 6.74. The second kappa shape index (κ2) is 10.3. The molecule has 2 N–H and O–H groups in total. The Kier molecular flexibility index (Phi) is 7.28. The second-order valence-electron chi connectivity index (χ2n) is 8.12. The first kappa shape index (κ1) is 26.2. The van der Waals surface area contributed by atoms with E-state index in [4.69, 9.17) is 4.42 Å². The van der Waals surface area contributed by atoms with Crippen LogP contribution in [0, 0.1) is 5.82 Å². The number of pyridine rings is 2. The fourth-order valence-corrected chi connectivity index (χ4v) is 4.47. The van der Waals surface area contributed by atoms with E-state index in [0.717, 1.165) is 24.4 Å². The molecule has 4 rings (SSSR count). The summed E-state index contributed by atoms with van der Waals surface area (Å²) < 4.78 is 82.0. The lowest BCUT2D eigenvalue weighted by Gasteiger charge is -2.14. The standard InChI is InChI=1S/C24H20F4N4O4S/c1-14(32-13-37(34,35)22-10-16-8-18(25)3-5-21(16)36-22)23(33)31-12-19-9-15(6-7-29-19)20-4-2-17(11-30-20)24(26,27)28/h2-11,14,32H,12-13H2,1H3,(H,31,33)/t14-/m1/s1. The van der Waals surface area contributed by atoms with E-state index in [0.29, 0.717) is 22.3 Å². The van der Waals surface area contributed by atoms with Crippen LogP contribution >= 0.6 is 0 Å². The summed E-state index contributed by atoms with van der Waals surface area (Å²) in [6.45, 7) is 1.45. The van der Waals surface area contributed by atoms with E-state index in [-0.39, 0.29) is 17.2 Å². The molecular formula is C24H20F4N4O4S. The van der Waals surface area contributed by atoms with Gasteiger partial charge in [0.25, 0.3) is 0 Å². The number of alkyl halides is 3. The second-order valence-corrected chi connectivity index (χ2v) is 10.0. The number of amides is 1. The summed E-state index contributed by atoms with van der Waals surface area (Å²) in [6, 6.07) is 9.24. The predicted octanol–water partition coefficient (Wildman–Crippen LogP) is 4.07. The fraction of sp³-hybridized carbons (Fsp3) is 0.208. The lowest BCUT2D eigenvalue weighted by atomic mass is 10.1. The van der Waals surface area contributed by atoms with Crippen LogP contribution < -0.4 is 10.6 Å². The summed E-state index contributed by atoms with van der Waals surface area (Å²) in [7, 11) is -3.95. The first-order valence-corrected chi connectivity index (χ1v) is 12.5. The van der Waals surface area contributed by atoms with Crippen LogP contribution in [0.3, 0.4) is 0 Å². The van der Waals surface area contributed by atoms with Crippen molar-refractivity contribution in [3.63, 3.8) is 0 Å². The lowest BCUT2D eigenvalue weighted by molar-refractivity contribution is -0.137. The molecule has 0 spiro atoms. The molecule has 0 aliphatic rings. The van der Waals surface area contributed by atoms with E-state index < -0.39 is 45.2 Å². The molecule has 0 saturated carbocycles. The minimum Gasteiger partial charge on any atom is -0.445 e. The Labute approximate surface area is 208 Å². The Morgan fingerprint density at radius 1 is 1.08 bits per heavy atom. The molecule has 0 aliphatic carbocycles. The minimum absolute atomic E-state index is 0.0127. The Bertz CT molecular complexity index is 1540. The summed E-state index contributed by atoms with van der Waals surface area (Å²) in [5, 5.41) is 5.17. The SMILES string of the molecule is C[C@@H](NCS(=O)(=O)c1cc2cc(F)ccc2o1)C(=O)NCc1cc(-c2ccc(C(F)(F)F)cn2)ccn1. The van der Waals surface area contributed by atoms with Crippen molar-refractivity contribution in [2.75, 3.05) is 5.88 Å². The van der Waals surface area contributed by atoms with Crippen molar-refractivity contribution in [1.29, 1.82) is 0 Å². The first-order valence-electron chi connectivity index (χ1n) is 10.8. The Hall–Kier alpha value is -3.84. The van der Waals surface area contributed by atoms with E-state index in [9.17, 15) is 30.8 Å². The largest absolute Gasteiger partial charge is 0.445 e. The monoisotopic (exact) mass is 536 g/mol. The van der Waals surface area contributed by atoms with E-state index in [2.05, 4.69) is 20.6 Å². The predicted molar refractivity (Wildman–Crippen MR) is 125 cm³/mol. The van der Waals surface area contributed by atoms with Gasteiger partial charge in [0.15, 0.2) is 0 Å². The van der Waals surface area contributed by atoms with E-state index >= 15 is 0 Å². The van der Waals surface area contributed by atoms with Crippen LogP contribution in [0.25, 0.3) is 22.2 Å². The molecule has 0 saturated heterocycles. The number of hydrogen-bond donors (Lipinski definition) is 2. The number of hydrogen-bond acceptors (Lipinski definition) is 7. The van der Waals surface area contributed by atoms with Crippen LogP contribution in [0.1, 0.15) is 18.2 Å². The van der Waals surface area contributed by atoms with Gasteiger partial charge in [-0.3, -0.25) is 20.1 Å². The Morgan fingerprint density at radius 3 is 2.57 bits per heavy atom. The zero-order chi connectivity index (χ0) is 26.8. The molecule has 1 amide bonds. The third-order valence-electron chi connectivity index (χ3n) is 5.38. The molecule has 0 bridgehead atoms. The molecule has 194 valence electrons. The molecule has 0 unspecified atom stereocenters. The van der Waals surface area contributed by atoms with Crippen molar-refractivity contribution in [2.45, 2.75) is 30.8 Å². The summed E-state index contributed by atoms with van der Waals surface area (Å²) in [5.74, 6) is -1.64. The smallest absolute Gasteiger partial charge is 0.417 e. The number of aromatic nitrogens is 2.